The normalized spacial score (nSPS) is 26.7. The third-order valence-electron chi connectivity index (χ3n) is 4.15. The van der Waals surface area contributed by atoms with Gasteiger partial charge in [0, 0.05) is 13.1 Å². The van der Waals surface area contributed by atoms with Crippen molar-refractivity contribution in [3.63, 3.8) is 0 Å². The van der Waals surface area contributed by atoms with Gasteiger partial charge in [-0.2, -0.15) is 0 Å². The number of aliphatic carboxylic acids is 1. The number of aryl methyl sites for hydroxylation is 1. The number of hydrogen-bond acceptors (Lipinski definition) is 3. The predicted octanol–water partition coefficient (Wildman–Crippen LogP) is 1.77. The van der Waals surface area contributed by atoms with E-state index in [1.54, 1.807) is 24.0 Å². The number of carbonyl (C=O) groups is 2. The van der Waals surface area contributed by atoms with Gasteiger partial charge in [0.2, 0.25) is 0 Å². The second kappa shape index (κ2) is 4.40. The monoisotopic (exact) mass is 263 g/mol. The van der Waals surface area contributed by atoms with Crippen LogP contribution in [0.4, 0.5) is 0 Å². The molecule has 2 heterocycles. The minimum absolute atomic E-state index is 0.109. The lowest BCUT2D eigenvalue weighted by Gasteiger charge is -2.14. The first-order valence-electron chi connectivity index (χ1n) is 6.65. The summed E-state index contributed by atoms with van der Waals surface area (Å²) in [4.78, 5) is 25.2. The fraction of sp³-hybridized carbons (Fsp3) is 0.571. The molecule has 1 aromatic heterocycles. The number of rotatable bonds is 3. The van der Waals surface area contributed by atoms with Gasteiger partial charge in [0.15, 0.2) is 5.76 Å². The topological polar surface area (TPSA) is 70.8 Å². The second-order valence-corrected chi connectivity index (χ2v) is 5.57. The SMILES string of the molecule is Cc1ccc(C(=O)N2C[C@H](C(=O)O)[C@@H](C3CC3)C2)o1. The molecule has 102 valence electrons. The summed E-state index contributed by atoms with van der Waals surface area (Å²) in [5.74, 6) is 0.182. The largest absolute Gasteiger partial charge is 0.481 e. The van der Waals surface area contributed by atoms with E-state index in [2.05, 4.69) is 0 Å². The highest BCUT2D eigenvalue weighted by Crippen LogP contribution is 2.44. The van der Waals surface area contributed by atoms with Crippen molar-refractivity contribution in [1.29, 1.82) is 0 Å². The Labute approximate surface area is 111 Å². The van der Waals surface area contributed by atoms with Crippen molar-refractivity contribution in [2.45, 2.75) is 19.8 Å². The van der Waals surface area contributed by atoms with Crippen molar-refractivity contribution in [2.24, 2.45) is 17.8 Å². The van der Waals surface area contributed by atoms with Gasteiger partial charge in [-0.05, 0) is 43.7 Å². The van der Waals surface area contributed by atoms with Gasteiger partial charge in [-0.15, -0.1) is 0 Å². The predicted molar refractivity (Wildman–Crippen MR) is 66.7 cm³/mol. The Morgan fingerprint density at radius 3 is 2.58 bits per heavy atom. The van der Waals surface area contributed by atoms with Gasteiger partial charge in [-0.25, -0.2) is 0 Å². The molecule has 2 aliphatic rings. The van der Waals surface area contributed by atoms with Crippen LogP contribution in [0.2, 0.25) is 0 Å². The van der Waals surface area contributed by atoms with Crippen LogP contribution in [0.15, 0.2) is 16.5 Å². The third kappa shape index (κ3) is 2.25. The number of nitrogens with zero attached hydrogens (tertiary/aromatic N) is 1. The number of likely N-dealkylation sites (tertiary alicyclic amines) is 1. The van der Waals surface area contributed by atoms with Crippen molar-refractivity contribution in [3.8, 4) is 0 Å². The molecule has 0 aromatic carbocycles. The average Bonchev–Trinajstić information content (AvgIpc) is 2.96. The number of carboxylic acid groups (broad SMARTS) is 1. The Bertz CT molecular complexity index is 517. The summed E-state index contributed by atoms with van der Waals surface area (Å²) in [6.45, 7) is 2.63. The molecule has 1 aliphatic carbocycles. The molecule has 1 saturated heterocycles. The van der Waals surface area contributed by atoms with Crippen LogP contribution in [0.25, 0.3) is 0 Å². The van der Waals surface area contributed by atoms with E-state index in [0.29, 0.717) is 30.5 Å². The van der Waals surface area contributed by atoms with Gasteiger partial charge >= 0.3 is 5.97 Å². The molecular formula is C14H17NO4. The Morgan fingerprint density at radius 1 is 1.32 bits per heavy atom. The number of carbonyl (C=O) groups excluding carboxylic acids is 1. The molecule has 0 unspecified atom stereocenters. The zero-order valence-corrected chi connectivity index (χ0v) is 10.8. The lowest BCUT2D eigenvalue weighted by molar-refractivity contribution is -0.142. The van der Waals surface area contributed by atoms with E-state index in [1.165, 1.54) is 0 Å². The fourth-order valence-electron chi connectivity index (χ4n) is 2.96. The van der Waals surface area contributed by atoms with Crippen molar-refractivity contribution < 1.29 is 19.1 Å². The highest BCUT2D eigenvalue weighted by atomic mass is 16.4. The lowest BCUT2D eigenvalue weighted by atomic mass is 9.92. The first kappa shape index (κ1) is 12.3. The maximum Gasteiger partial charge on any atom is 0.308 e. The molecule has 0 radical (unpaired) electrons. The summed E-state index contributed by atoms with van der Waals surface area (Å²) in [7, 11) is 0. The van der Waals surface area contributed by atoms with Crippen LogP contribution in [0, 0.1) is 24.7 Å². The fourth-order valence-corrected chi connectivity index (χ4v) is 2.96. The summed E-state index contributed by atoms with van der Waals surface area (Å²) in [6.07, 6.45) is 2.19. The first-order chi connectivity index (χ1) is 9.06. The Morgan fingerprint density at radius 2 is 2.05 bits per heavy atom. The van der Waals surface area contributed by atoms with E-state index in [4.69, 9.17) is 4.42 Å². The molecule has 1 amide bonds. The Kier molecular flexibility index (Phi) is 2.84. The smallest absolute Gasteiger partial charge is 0.308 e. The van der Waals surface area contributed by atoms with Crippen LogP contribution in [0.3, 0.4) is 0 Å². The standard InChI is InChI=1S/C14H17NO4/c1-8-2-5-12(19-8)13(16)15-6-10(9-3-4-9)11(7-15)14(17)18/h2,5,9-11H,3-4,6-7H2,1H3,(H,17,18)/t10-,11+/m1/s1. The van der Waals surface area contributed by atoms with Crippen LogP contribution < -0.4 is 0 Å². The van der Waals surface area contributed by atoms with E-state index >= 15 is 0 Å². The van der Waals surface area contributed by atoms with Crippen LogP contribution in [-0.2, 0) is 4.79 Å². The average molecular weight is 263 g/mol. The molecule has 1 aromatic rings. The number of hydrogen-bond donors (Lipinski definition) is 1. The summed E-state index contributed by atoms with van der Waals surface area (Å²) in [5, 5.41) is 9.27. The molecule has 2 fully saturated rings. The molecule has 2 atom stereocenters. The van der Waals surface area contributed by atoms with Gasteiger partial charge in [0.25, 0.3) is 5.91 Å². The summed E-state index contributed by atoms with van der Waals surface area (Å²) in [5.41, 5.74) is 0. The van der Waals surface area contributed by atoms with Crippen molar-refractivity contribution >= 4 is 11.9 Å². The van der Waals surface area contributed by atoms with E-state index in [1.807, 2.05) is 0 Å². The minimum atomic E-state index is -0.789. The Balaban J connectivity index is 1.75. The number of furan rings is 1. The molecule has 19 heavy (non-hydrogen) atoms. The van der Waals surface area contributed by atoms with Crippen LogP contribution in [0.5, 0.6) is 0 Å². The second-order valence-electron chi connectivity index (χ2n) is 5.57. The van der Waals surface area contributed by atoms with Gasteiger partial charge in [0.05, 0.1) is 5.92 Å². The minimum Gasteiger partial charge on any atom is -0.481 e. The zero-order chi connectivity index (χ0) is 13.6. The molecular weight excluding hydrogens is 246 g/mol. The molecule has 5 heteroatoms. The lowest BCUT2D eigenvalue weighted by Crippen LogP contribution is -2.29. The molecule has 0 bridgehead atoms. The van der Waals surface area contributed by atoms with Crippen LogP contribution >= 0.6 is 0 Å². The summed E-state index contributed by atoms with van der Waals surface area (Å²) < 4.78 is 5.33. The molecule has 5 nitrogen and oxygen atoms in total. The van der Waals surface area contributed by atoms with Crippen LogP contribution in [-0.4, -0.2) is 35.0 Å². The molecule has 3 rings (SSSR count). The highest BCUT2D eigenvalue weighted by Gasteiger charge is 2.47. The Hall–Kier alpha value is -1.78. The summed E-state index contributed by atoms with van der Waals surface area (Å²) in [6, 6.07) is 3.40. The molecule has 1 saturated carbocycles. The van der Waals surface area contributed by atoms with Gasteiger partial charge in [-0.3, -0.25) is 9.59 Å². The van der Waals surface area contributed by atoms with E-state index in [-0.39, 0.29) is 11.8 Å². The highest BCUT2D eigenvalue weighted by molar-refractivity contribution is 5.92. The number of amides is 1. The van der Waals surface area contributed by atoms with E-state index < -0.39 is 11.9 Å². The van der Waals surface area contributed by atoms with Crippen molar-refractivity contribution in [2.75, 3.05) is 13.1 Å². The molecule has 1 N–H and O–H groups in total. The first-order valence-corrected chi connectivity index (χ1v) is 6.65. The quantitative estimate of drug-likeness (QED) is 0.902. The van der Waals surface area contributed by atoms with E-state index in [9.17, 15) is 14.7 Å². The van der Waals surface area contributed by atoms with Gasteiger partial charge in [0.1, 0.15) is 5.76 Å². The van der Waals surface area contributed by atoms with Crippen molar-refractivity contribution in [1.82, 2.24) is 4.90 Å². The van der Waals surface area contributed by atoms with Gasteiger partial charge in [-0.1, -0.05) is 0 Å². The third-order valence-corrected chi connectivity index (χ3v) is 4.15. The van der Waals surface area contributed by atoms with Gasteiger partial charge < -0.3 is 14.4 Å². The number of carboxylic acids is 1. The molecule has 1 aliphatic heterocycles. The van der Waals surface area contributed by atoms with E-state index in [0.717, 1.165) is 12.8 Å². The van der Waals surface area contributed by atoms with Crippen LogP contribution in [0.1, 0.15) is 29.2 Å². The van der Waals surface area contributed by atoms with Crippen molar-refractivity contribution in [3.05, 3.63) is 23.7 Å². The zero-order valence-electron chi connectivity index (χ0n) is 10.8. The maximum atomic E-state index is 12.3. The maximum absolute atomic E-state index is 12.3. The summed E-state index contributed by atoms with van der Waals surface area (Å²) >= 11 is 0. The molecule has 0 spiro atoms.